The van der Waals surface area contributed by atoms with Gasteiger partial charge in [0.25, 0.3) is 0 Å². The Morgan fingerprint density at radius 1 is 1.05 bits per heavy atom. The Morgan fingerprint density at radius 3 is 2.05 bits per heavy atom. The molecule has 2 rings (SSSR count). The van der Waals surface area contributed by atoms with Gasteiger partial charge >= 0.3 is 0 Å². The first-order chi connectivity index (χ1) is 9.51. The molecule has 0 aliphatic carbocycles. The predicted octanol–water partition coefficient (Wildman–Crippen LogP) is 4.34. The van der Waals surface area contributed by atoms with Crippen molar-refractivity contribution < 1.29 is 13.5 Å². The molecule has 2 nitrogen and oxygen atoms in total. The standard InChI is InChI=1S/C16H17F2NO/c1-10(2)12-3-5-13(6-4-12)20-16-14(17)7-11(9-19)8-15(16)18/h3-8,10H,9,19H2,1-2H3. The second-order valence-corrected chi connectivity index (χ2v) is 4.92. The van der Waals surface area contributed by atoms with Crippen LogP contribution in [0.3, 0.4) is 0 Å². The van der Waals surface area contributed by atoms with Crippen LogP contribution in [-0.4, -0.2) is 0 Å². The second-order valence-electron chi connectivity index (χ2n) is 4.92. The Labute approximate surface area is 117 Å². The van der Waals surface area contributed by atoms with Crippen LogP contribution in [0, 0.1) is 11.6 Å². The Balaban J connectivity index is 2.26. The first-order valence-corrected chi connectivity index (χ1v) is 6.47. The summed E-state index contributed by atoms with van der Waals surface area (Å²) in [5.74, 6) is -1.12. The van der Waals surface area contributed by atoms with Gasteiger partial charge in [0.05, 0.1) is 0 Å². The molecule has 106 valence electrons. The van der Waals surface area contributed by atoms with Crippen LogP contribution in [0.15, 0.2) is 36.4 Å². The summed E-state index contributed by atoms with van der Waals surface area (Å²) in [6, 6.07) is 9.52. The zero-order chi connectivity index (χ0) is 14.7. The third kappa shape index (κ3) is 3.14. The van der Waals surface area contributed by atoms with Crippen LogP contribution in [0.5, 0.6) is 11.5 Å². The molecule has 0 aliphatic heterocycles. The van der Waals surface area contributed by atoms with Crippen molar-refractivity contribution in [3.05, 3.63) is 59.2 Å². The number of hydrogen-bond acceptors (Lipinski definition) is 2. The number of ether oxygens (including phenoxy) is 1. The maximum absolute atomic E-state index is 13.8. The molecule has 0 aliphatic rings. The minimum atomic E-state index is -0.751. The number of rotatable bonds is 4. The largest absolute Gasteiger partial charge is 0.451 e. The Bertz CT molecular complexity index is 571. The summed E-state index contributed by atoms with van der Waals surface area (Å²) >= 11 is 0. The lowest BCUT2D eigenvalue weighted by Gasteiger charge is -2.11. The van der Waals surface area contributed by atoms with E-state index in [2.05, 4.69) is 13.8 Å². The van der Waals surface area contributed by atoms with Crippen molar-refractivity contribution in [2.75, 3.05) is 0 Å². The number of hydrogen-bond donors (Lipinski definition) is 1. The van der Waals surface area contributed by atoms with Crippen molar-refractivity contribution >= 4 is 0 Å². The highest BCUT2D eigenvalue weighted by atomic mass is 19.1. The molecule has 0 radical (unpaired) electrons. The highest BCUT2D eigenvalue weighted by molar-refractivity contribution is 5.37. The molecule has 0 atom stereocenters. The molecule has 2 N–H and O–H groups in total. The third-order valence-electron chi connectivity index (χ3n) is 3.06. The molecule has 2 aromatic carbocycles. The first-order valence-electron chi connectivity index (χ1n) is 6.47. The van der Waals surface area contributed by atoms with Gasteiger partial charge < -0.3 is 10.5 Å². The van der Waals surface area contributed by atoms with Gasteiger partial charge in [-0.25, -0.2) is 8.78 Å². The van der Waals surface area contributed by atoms with Gasteiger partial charge in [-0.2, -0.15) is 0 Å². The smallest absolute Gasteiger partial charge is 0.198 e. The summed E-state index contributed by atoms with van der Waals surface area (Å²) in [5.41, 5.74) is 6.89. The van der Waals surface area contributed by atoms with Crippen LogP contribution in [0.1, 0.15) is 30.9 Å². The van der Waals surface area contributed by atoms with Crippen molar-refractivity contribution in [3.8, 4) is 11.5 Å². The molecular weight excluding hydrogens is 260 g/mol. The van der Waals surface area contributed by atoms with E-state index in [4.69, 9.17) is 10.5 Å². The van der Waals surface area contributed by atoms with Crippen LogP contribution >= 0.6 is 0 Å². The fourth-order valence-corrected chi connectivity index (χ4v) is 1.87. The number of benzene rings is 2. The average Bonchev–Trinajstić information content (AvgIpc) is 2.43. The lowest BCUT2D eigenvalue weighted by molar-refractivity contribution is 0.406. The maximum Gasteiger partial charge on any atom is 0.198 e. The number of halogens is 2. The highest BCUT2D eigenvalue weighted by Gasteiger charge is 2.13. The van der Waals surface area contributed by atoms with Crippen LogP contribution in [0.4, 0.5) is 8.78 Å². The lowest BCUT2D eigenvalue weighted by atomic mass is 10.0. The summed E-state index contributed by atoms with van der Waals surface area (Å²) in [5, 5.41) is 0. The molecule has 4 heteroatoms. The fraction of sp³-hybridized carbons (Fsp3) is 0.250. The van der Waals surface area contributed by atoms with E-state index in [1.807, 2.05) is 12.1 Å². The van der Waals surface area contributed by atoms with Gasteiger partial charge in [0.2, 0.25) is 0 Å². The molecule has 0 saturated carbocycles. The molecule has 0 unspecified atom stereocenters. The van der Waals surface area contributed by atoms with Crippen molar-refractivity contribution in [1.82, 2.24) is 0 Å². The van der Waals surface area contributed by atoms with E-state index < -0.39 is 17.4 Å². The quantitative estimate of drug-likeness (QED) is 0.902. The zero-order valence-electron chi connectivity index (χ0n) is 11.5. The monoisotopic (exact) mass is 277 g/mol. The van der Waals surface area contributed by atoms with Crippen LogP contribution in [0.2, 0.25) is 0 Å². The Hall–Kier alpha value is -1.94. The molecule has 2 aromatic rings. The highest BCUT2D eigenvalue weighted by Crippen LogP contribution is 2.29. The molecule has 0 aromatic heterocycles. The van der Waals surface area contributed by atoms with E-state index in [9.17, 15) is 8.78 Å². The van der Waals surface area contributed by atoms with E-state index >= 15 is 0 Å². The summed E-state index contributed by atoms with van der Waals surface area (Å²) < 4.78 is 32.8. The van der Waals surface area contributed by atoms with Crippen LogP contribution in [0.25, 0.3) is 0 Å². The van der Waals surface area contributed by atoms with Crippen molar-refractivity contribution in [1.29, 1.82) is 0 Å². The SMILES string of the molecule is CC(C)c1ccc(Oc2c(F)cc(CN)cc2F)cc1. The van der Waals surface area contributed by atoms with E-state index in [1.54, 1.807) is 12.1 Å². The first kappa shape index (κ1) is 14.5. The lowest BCUT2D eigenvalue weighted by Crippen LogP contribution is -2.00. The third-order valence-corrected chi connectivity index (χ3v) is 3.06. The molecule has 20 heavy (non-hydrogen) atoms. The fourth-order valence-electron chi connectivity index (χ4n) is 1.87. The van der Waals surface area contributed by atoms with Gasteiger partial charge in [0.1, 0.15) is 5.75 Å². The van der Waals surface area contributed by atoms with Crippen molar-refractivity contribution in [2.24, 2.45) is 5.73 Å². The molecule has 0 saturated heterocycles. The summed E-state index contributed by atoms with van der Waals surface area (Å²) in [6.45, 7) is 4.22. The molecule has 0 fully saturated rings. The van der Waals surface area contributed by atoms with Gasteiger partial charge in [-0.15, -0.1) is 0 Å². The minimum Gasteiger partial charge on any atom is -0.451 e. The zero-order valence-corrected chi connectivity index (χ0v) is 11.5. The van der Waals surface area contributed by atoms with Crippen LogP contribution < -0.4 is 10.5 Å². The minimum absolute atomic E-state index is 0.0806. The molecule has 0 amide bonds. The van der Waals surface area contributed by atoms with Gasteiger partial charge in [-0.05, 0) is 41.3 Å². The van der Waals surface area contributed by atoms with E-state index in [0.717, 1.165) is 5.56 Å². The summed E-state index contributed by atoms with van der Waals surface area (Å²) in [7, 11) is 0. The Morgan fingerprint density at radius 2 is 1.60 bits per heavy atom. The van der Waals surface area contributed by atoms with Gasteiger partial charge in [-0.1, -0.05) is 26.0 Å². The van der Waals surface area contributed by atoms with Crippen molar-refractivity contribution in [2.45, 2.75) is 26.3 Å². The predicted molar refractivity (Wildman–Crippen MR) is 74.9 cm³/mol. The summed E-state index contributed by atoms with van der Waals surface area (Å²) in [6.07, 6.45) is 0. The van der Waals surface area contributed by atoms with Gasteiger partial charge in [0.15, 0.2) is 17.4 Å². The van der Waals surface area contributed by atoms with E-state index in [1.165, 1.54) is 12.1 Å². The normalized spacial score (nSPS) is 10.9. The molecule has 0 bridgehead atoms. The maximum atomic E-state index is 13.8. The summed E-state index contributed by atoms with van der Waals surface area (Å²) in [4.78, 5) is 0. The topological polar surface area (TPSA) is 35.2 Å². The average molecular weight is 277 g/mol. The Kier molecular flexibility index (Phi) is 4.35. The van der Waals surface area contributed by atoms with Gasteiger partial charge in [-0.3, -0.25) is 0 Å². The van der Waals surface area contributed by atoms with Crippen LogP contribution in [-0.2, 0) is 6.54 Å². The van der Waals surface area contributed by atoms with Crippen molar-refractivity contribution in [3.63, 3.8) is 0 Å². The molecule has 0 heterocycles. The molecule has 0 spiro atoms. The van der Waals surface area contributed by atoms with E-state index in [0.29, 0.717) is 17.2 Å². The molecular formula is C16H17F2NO. The van der Waals surface area contributed by atoms with E-state index in [-0.39, 0.29) is 6.54 Å². The van der Waals surface area contributed by atoms with Gasteiger partial charge in [0, 0.05) is 6.54 Å². The second kappa shape index (κ2) is 6.01. The number of nitrogens with two attached hydrogens (primary N) is 1.